The Morgan fingerprint density at radius 2 is 2.16 bits per heavy atom. The monoisotopic (exact) mass is 344 g/mol. The van der Waals surface area contributed by atoms with Crippen molar-refractivity contribution in [3.8, 4) is 5.75 Å². The number of aromatic nitrogens is 1. The second-order valence-corrected chi connectivity index (χ2v) is 6.59. The number of carbonyl (C=O) groups excluding carboxylic acids is 1. The minimum atomic E-state index is -0.513. The summed E-state index contributed by atoms with van der Waals surface area (Å²) in [5, 5.41) is 3.80. The van der Waals surface area contributed by atoms with E-state index >= 15 is 0 Å². The van der Waals surface area contributed by atoms with E-state index in [0.29, 0.717) is 31.0 Å². The van der Waals surface area contributed by atoms with Crippen LogP contribution in [0.2, 0.25) is 0 Å². The molecule has 1 aromatic carbocycles. The second-order valence-electron chi connectivity index (χ2n) is 6.59. The molecule has 1 saturated heterocycles. The topological polar surface area (TPSA) is 64.8 Å². The molecule has 1 aliphatic rings. The van der Waals surface area contributed by atoms with E-state index in [4.69, 9.17) is 14.0 Å². The van der Waals surface area contributed by atoms with Crippen LogP contribution in [0.25, 0.3) is 0 Å². The largest absolute Gasteiger partial charge is 0.490 e. The highest BCUT2D eigenvalue weighted by molar-refractivity contribution is 5.94. The molecule has 6 heteroatoms. The number of nitrogens with zero attached hydrogens (tertiary/aromatic N) is 2. The van der Waals surface area contributed by atoms with E-state index < -0.39 is 5.60 Å². The maximum Gasteiger partial charge on any atom is 0.259 e. The molecule has 1 atom stereocenters. The Morgan fingerprint density at radius 1 is 1.36 bits per heavy atom. The number of likely N-dealkylation sites (tertiary alicyclic amines) is 1. The van der Waals surface area contributed by atoms with Crippen LogP contribution < -0.4 is 4.74 Å². The number of benzene rings is 1. The van der Waals surface area contributed by atoms with Gasteiger partial charge in [0.05, 0.1) is 12.2 Å². The Hall–Kier alpha value is -2.34. The van der Waals surface area contributed by atoms with Gasteiger partial charge in [-0.2, -0.15) is 0 Å². The quantitative estimate of drug-likeness (QED) is 0.834. The first-order valence-electron chi connectivity index (χ1n) is 8.48. The van der Waals surface area contributed by atoms with Crippen molar-refractivity contribution in [1.29, 1.82) is 0 Å². The smallest absolute Gasteiger partial charge is 0.259 e. The Bertz CT molecular complexity index is 743. The SMILES string of the molecule is COC1(COc2ccccc2C)CCCN(C(=O)c2conc2C)C1. The summed E-state index contributed by atoms with van der Waals surface area (Å²) in [7, 11) is 1.68. The highest BCUT2D eigenvalue weighted by Crippen LogP contribution is 2.28. The van der Waals surface area contributed by atoms with Crippen LogP contribution in [0.1, 0.15) is 34.5 Å². The lowest BCUT2D eigenvalue weighted by atomic mass is 9.92. The molecule has 1 unspecified atom stereocenters. The Kier molecular flexibility index (Phi) is 5.08. The van der Waals surface area contributed by atoms with E-state index in [0.717, 1.165) is 24.2 Å². The molecule has 0 spiro atoms. The number of amides is 1. The van der Waals surface area contributed by atoms with Crippen molar-refractivity contribution in [3.63, 3.8) is 0 Å². The van der Waals surface area contributed by atoms with Gasteiger partial charge in [-0.15, -0.1) is 0 Å². The van der Waals surface area contributed by atoms with Gasteiger partial charge in [0.25, 0.3) is 5.91 Å². The van der Waals surface area contributed by atoms with Gasteiger partial charge in [0.1, 0.15) is 29.8 Å². The molecule has 0 aliphatic carbocycles. The predicted octanol–water partition coefficient (Wildman–Crippen LogP) is 2.99. The van der Waals surface area contributed by atoms with Crippen molar-refractivity contribution < 1.29 is 18.8 Å². The highest BCUT2D eigenvalue weighted by Gasteiger charge is 2.39. The first-order chi connectivity index (χ1) is 12.0. The van der Waals surface area contributed by atoms with E-state index in [1.807, 2.05) is 31.2 Å². The molecule has 1 amide bonds. The maximum absolute atomic E-state index is 12.7. The van der Waals surface area contributed by atoms with Crippen molar-refractivity contribution in [1.82, 2.24) is 10.1 Å². The molecule has 1 aromatic heterocycles. The molecule has 134 valence electrons. The molecule has 0 saturated carbocycles. The summed E-state index contributed by atoms with van der Waals surface area (Å²) in [5.41, 5.74) is 1.68. The normalized spacial score (nSPS) is 20.5. The molecule has 1 aliphatic heterocycles. The fourth-order valence-electron chi connectivity index (χ4n) is 3.21. The van der Waals surface area contributed by atoms with E-state index in [2.05, 4.69) is 5.16 Å². The first kappa shape index (κ1) is 17.5. The van der Waals surface area contributed by atoms with E-state index in [-0.39, 0.29) is 5.91 Å². The van der Waals surface area contributed by atoms with Gasteiger partial charge in [0.15, 0.2) is 0 Å². The Morgan fingerprint density at radius 3 is 2.84 bits per heavy atom. The minimum Gasteiger partial charge on any atom is -0.490 e. The summed E-state index contributed by atoms with van der Waals surface area (Å²) >= 11 is 0. The van der Waals surface area contributed by atoms with Crippen molar-refractivity contribution in [3.05, 3.63) is 47.3 Å². The zero-order chi connectivity index (χ0) is 17.9. The predicted molar refractivity (Wildman–Crippen MR) is 92.8 cm³/mol. The van der Waals surface area contributed by atoms with Crippen LogP contribution in [0.3, 0.4) is 0 Å². The molecule has 0 radical (unpaired) electrons. The lowest BCUT2D eigenvalue weighted by Gasteiger charge is -2.41. The van der Waals surface area contributed by atoms with Crippen molar-refractivity contribution >= 4 is 5.91 Å². The Labute approximate surface area is 147 Å². The van der Waals surface area contributed by atoms with Gasteiger partial charge in [-0.3, -0.25) is 4.79 Å². The number of carbonyl (C=O) groups is 1. The molecular formula is C19H24N2O4. The van der Waals surface area contributed by atoms with Crippen LogP contribution in [0, 0.1) is 13.8 Å². The van der Waals surface area contributed by atoms with Gasteiger partial charge in [0.2, 0.25) is 0 Å². The third-order valence-corrected chi connectivity index (χ3v) is 4.82. The fraction of sp³-hybridized carbons (Fsp3) is 0.474. The number of ether oxygens (including phenoxy) is 2. The fourth-order valence-corrected chi connectivity index (χ4v) is 3.21. The minimum absolute atomic E-state index is 0.0734. The molecule has 25 heavy (non-hydrogen) atoms. The summed E-state index contributed by atoms with van der Waals surface area (Å²) in [6.07, 6.45) is 3.12. The number of hydrogen-bond donors (Lipinski definition) is 0. The summed E-state index contributed by atoms with van der Waals surface area (Å²) in [6.45, 7) is 5.37. The van der Waals surface area contributed by atoms with Crippen LogP contribution >= 0.6 is 0 Å². The molecular weight excluding hydrogens is 320 g/mol. The molecule has 3 rings (SSSR count). The van der Waals surface area contributed by atoms with Crippen molar-refractivity contribution in [2.45, 2.75) is 32.3 Å². The molecule has 6 nitrogen and oxygen atoms in total. The lowest BCUT2D eigenvalue weighted by Crippen LogP contribution is -2.54. The van der Waals surface area contributed by atoms with Crippen molar-refractivity contribution in [2.75, 3.05) is 26.8 Å². The first-order valence-corrected chi connectivity index (χ1v) is 8.48. The average Bonchev–Trinajstić information content (AvgIpc) is 3.06. The molecule has 2 heterocycles. The number of para-hydroxylation sites is 1. The van der Waals surface area contributed by atoms with Gasteiger partial charge in [0, 0.05) is 13.7 Å². The lowest BCUT2D eigenvalue weighted by molar-refractivity contribution is -0.0826. The molecule has 2 aromatic rings. The van der Waals surface area contributed by atoms with Crippen LogP contribution in [-0.2, 0) is 4.74 Å². The molecule has 0 N–H and O–H groups in total. The number of piperidine rings is 1. The average molecular weight is 344 g/mol. The van der Waals surface area contributed by atoms with Crippen LogP contribution in [0.15, 0.2) is 35.1 Å². The zero-order valence-corrected chi connectivity index (χ0v) is 14.9. The maximum atomic E-state index is 12.7. The van der Waals surface area contributed by atoms with Gasteiger partial charge in [-0.1, -0.05) is 23.4 Å². The number of aryl methyl sites for hydroxylation is 2. The van der Waals surface area contributed by atoms with Crippen LogP contribution in [0.4, 0.5) is 0 Å². The van der Waals surface area contributed by atoms with E-state index in [1.54, 1.807) is 18.9 Å². The number of methoxy groups -OCH3 is 1. The van der Waals surface area contributed by atoms with E-state index in [1.165, 1.54) is 6.26 Å². The second kappa shape index (κ2) is 7.27. The van der Waals surface area contributed by atoms with Crippen LogP contribution in [-0.4, -0.2) is 48.4 Å². The summed E-state index contributed by atoms with van der Waals surface area (Å²) < 4.78 is 16.7. The van der Waals surface area contributed by atoms with Gasteiger partial charge in [-0.05, 0) is 38.3 Å². The van der Waals surface area contributed by atoms with Gasteiger partial charge in [-0.25, -0.2) is 0 Å². The third-order valence-electron chi connectivity index (χ3n) is 4.82. The summed E-state index contributed by atoms with van der Waals surface area (Å²) in [4.78, 5) is 14.5. The summed E-state index contributed by atoms with van der Waals surface area (Å²) in [5.74, 6) is 0.771. The van der Waals surface area contributed by atoms with Gasteiger partial charge >= 0.3 is 0 Å². The number of rotatable bonds is 5. The third kappa shape index (κ3) is 3.69. The van der Waals surface area contributed by atoms with Crippen LogP contribution in [0.5, 0.6) is 5.75 Å². The van der Waals surface area contributed by atoms with Gasteiger partial charge < -0.3 is 18.9 Å². The Balaban J connectivity index is 1.71. The molecule has 0 bridgehead atoms. The molecule has 1 fully saturated rings. The summed E-state index contributed by atoms with van der Waals surface area (Å²) in [6, 6.07) is 7.90. The van der Waals surface area contributed by atoms with E-state index in [9.17, 15) is 4.79 Å². The van der Waals surface area contributed by atoms with Crippen molar-refractivity contribution in [2.24, 2.45) is 0 Å². The zero-order valence-electron chi connectivity index (χ0n) is 14.9. The highest BCUT2D eigenvalue weighted by atomic mass is 16.5. The number of hydrogen-bond acceptors (Lipinski definition) is 5. The standard InChI is InChI=1S/C19H24N2O4/c1-14-7-4-5-8-17(14)24-13-19(23-3)9-6-10-21(12-19)18(22)16-11-25-20-15(16)2/h4-5,7-8,11H,6,9-10,12-13H2,1-3H3.